The van der Waals surface area contributed by atoms with Crippen LogP contribution in [0.5, 0.6) is 0 Å². The van der Waals surface area contributed by atoms with Crippen molar-refractivity contribution < 1.29 is 26.9 Å². The molecule has 0 bridgehead atoms. The lowest BCUT2D eigenvalue weighted by Gasteiger charge is -2.39. The molecule has 2 N–H and O–H groups in total. The summed E-state index contributed by atoms with van der Waals surface area (Å²) in [5.41, 5.74) is 0. The molecule has 0 aliphatic rings. The van der Waals surface area contributed by atoms with Gasteiger partial charge in [-0.15, -0.1) is 0 Å². The van der Waals surface area contributed by atoms with Gasteiger partial charge in [0.25, 0.3) is 0 Å². The SMILES string of the molecule is CC#N.CCCC[N+](CCCC)(CCCC)CCCC.O.[Br-]. The summed E-state index contributed by atoms with van der Waals surface area (Å²) >= 11 is 0. The predicted molar refractivity (Wildman–Crippen MR) is 94.3 cm³/mol. The Bertz CT molecular complexity index is 192. The number of halogens is 1. The van der Waals surface area contributed by atoms with E-state index in [-0.39, 0.29) is 22.5 Å². The number of nitriles is 1. The lowest BCUT2D eigenvalue weighted by Crippen LogP contribution is -3.00. The number of hydrogen-bond donors (Lipinski definition) is 0. The number of unbranched alkanes of at least 4 members (excludes halogenated alkanes) is 4. The third-order valence-corrected chi connectivity index (χ3v) is 3.94. The maximum atomic E-state index is 7.32. The Labute approximate surface area is 150 Å². The van der Waals surface area contributed by atoms with Crippen LogP contribution in [0.3, 0.4) is 0 Å². The highest BCUT2D eigenvalue weighted by molar-refractivity contribution is 4.51. The molecule has 0 fully saturated rings. The fourth-order valence-corrected chi connectivity index (χ4v) is 2.64. The molecule has 0 spiro atoms. The van der Waals surface area contributed by atoms with Crippen LogP contribution >= 0.6 is 0 Å². The van der Waals surface area contributed by atoms with E-state index in [9.17, 15) is 0 Å². The van der Waals surface area contributed by atoms with Crippen LogP contribution in [-0.2, 0) is 0 Å². The van der Waals surface area contributed by atoms with Crippen molar-refractivity contribution in [1.82, 2.24) is 0 Å². The summed E-state index contributed by atoms with van der Waals surface area (Å²) in [7, 11) is 0. The van der Waals surface area contributed by atoms with E-state index in [1.54, 1.807) is 6.07 Å². The smallest absolute Gasteiger partial charge is 0.0786 e. The molecule has 3 nitrogen and oxygen atoms in total. The van der Waals surface area contributed by atoms with Gasteiger partial charge in [-0.2, -0.15) is 5.26 Å². The van der Waals surface area contributed by atoms with Crippen LogP contribution in [0.15, 0.2) is 0 Å². The van der Waals surface area contributed by atoms with Gasteiger partial charge < -0.3 is 26.9 Å². The van der Waals surface area contributed by atoms with E-state index in [4.69, 9.17) is 5.26 Å². The Morgan fingerprint density at radius 1 is 0.682 bits per heavy atom. The van der Waals surface area contributed by atoms with Gasteiger partial charge >= 0.3 is 0 Å². The molecule has 0 rings (SSSR count). The second-order valence-corrected chi connectivity index (χ2v) is 5.87. The Balaban J connectivity index is -0.000000297. The molecule has 0 saturated carbocycles. The fraction of sp³-hybridized carbons (Fsp3) is 0.944. The van der Waals surface area contributed by atoms with Gasteiger partial charge in [-0.3, -0.25) is 0 Å². The molecule has 0 heterocycles. The van der Waals surface area contributed by atoms with Crippen molar-refractivity contribution in [3.63, 3.8) is 0 Å². The van der Waals surface area contributed by atoms with Crippen LogP contribution in [0.4, 0.5) is 0 Å². The van der Waals surface area contributed by atoms with Crippen LogP contribution in [0.25, 0.3) is 0 Å². The highest BCUT2D eigenvalue weighted by Crippen LogP contribution is 2.16. The second-order valence-electron chi connectivity index (χ2n) is 5.87. The second kappa shape index (κ2) is 23.2. The summed E-state index contributed by atoms with van der Waals surface area (Å²) in [6.45, 7) is 16.4. The topological polar surface area (TPSA) is 55.3 Å². The zero-order chi connectivity index (χ0) is 15.7. The Hall–Kier alpha value is -0.110. The standard InChI is InChI=1S/C16H36N.C2H3N.BrH.H2O/c1-5-9-13-17(14-10-6-2,15-11-7-3)16-12-8-4;1-2-3;;/h5-16H2,1-4H3;1H3;1H;1H2/q+1;;;/p-1. The summed E-state index contributed by atoms with van der Waals surface area (Å²) in [6.07, 6.45) is 11.1. The van der Waals surface area contributed by atoms with Crippen molar-refractivity contribution in [2.75, 3.05) is 26.2 Å². The van der Waals surface area contributed by atoms with Crippen LogP contribution < -0.4 is 17.0 Å². The largest absolute Gasteiger partial charge is 1.00 e. The van der Waals surface area contributed by atoms with Crippen molar-refractivity contribution in [2.45, 2.75) is 86.0 Å². The first-order chi connectivity index (χ1) is 9.66. The Morgan fingerprint density at radius 2 is 0.864 bits per heavy atom. The van der Waals surface area contributed by atoms with E-state index in [0.29, 0.717) is 0 Å². The van der Waals surface area contributed by atoms with E-state index in [1.807, 2.05) is 0 Å². The van der Waals surface area contributed by atoms with E-state index >= 15 is 0 Å². The molecule has 0 aromatic carbocycles. The van der Waals surface area contributed by atoms with E-state index in [0.717, 1.165) is 0 Å². The van der Waals surface area contributed by atoms with Crippen molar-refractivity contribution in [1.29, 1.82) is 5.26 Å². The van der Waals surface area contributed by atoms with E-state index < -0.39 is 0 Å². The number of hydrogen-bond acceptors (Lipinski definition) is 1. The summed E-state index contributed by atoms with van der Waals surface area (Å²) < 4.78 is 1.42. The maximum Gasteiger partial charge on any atom is 0.0786 e. The molecule has 22 heavy (non-hydrogen) atoms. The summed E-state index contributed by atoms with van der Waals surface area (Å²) in [5, 5.41) is 7.32. The normalized spacial score (nSPS) is 9.64. The fourth-order valence-electron chi connectivity index (χ4n) is 2.64. The van der Waals surface area contributed by atoms with Crippen LogP contribution in [0.2, 0.25) is 0 Å². The van der Waals surface area contributed by atoms with Gasteiger partial charge in [-0.25, -0.2) is 0 Å². The highest BCUT2D eigenvalue weighted by Gasteiger charge is 2.24. The molecule has 0 aliphatic carbocycles. The first kappa shape index (κ1) is 29.8. The first-order valence-electron chi connectivity index (χ1n) is 8.82. The average Bonchev–Trinajstić information content (AvgIpc) is 2.46. The molecule has 0 aromatic rings. The zero-order valence-electron chi connectivity index (χ0n) is 15.8. The van der Waals surface area contributed by atoms with Gasteiger partial charge in [0.2, 0.25) is 0 Å². The molecule has 136 valence electrons. The van der Waals surface area contributed by atoms with Gasteiger partial charge in [0.15, 0.2) is 0 Å². The quantitative estimate of drug-likeness (QED) is 0.475. The van der Waals surface area contributed by atoms with E-state index in [1.165, 1.54) is 89.0 Å². The van der Waals surface area contributed by atoms with Gasteiger partial charge in [0, 0.05) is 6.92 Å². The average molecular weight is 381 g/mol. The number of rotatable bonds is 12. The monoisotopic (exact) mass is 380 g/mol. The van der Waals surface area contributed by atoms with Gasteiger partial charge in [0.05, 0.1) is 32.2 Å². The minimum Gasteiger partial charge on any atom is -1.00 e. The highest BCUT2D eigenvalue weighted by atomic mass is 79.9. The third-order valence-electron chi connectivity index (χ3n) is 3.94. The van der Waals surface area contributed by atoms with Gasteiger partial charge in [0.1, 0.15) is 0 Å². The maximum absolute atomic E-state index is 7.32. The van der Waals surface area contributed by atoms with Crippen LogP contribution in [0.1, 0.15) is 86.0 Å². The summed E-state index contributed by atoms with van der Waals surface area (Å²) in [6, 6.07) is 1.75. The number of quaternary nitrogens is 1. The molecule has 0 atom stereocenters. The molecule has 0 radical (unpaired) electrons. The van der Waals surface area contributed by atoms with Crippen molar-refractivity contribution in [3.8, 4) is 6.07 Å². The lowest BCUT2D eigenvalue weighted by molar-refractivity contribution is -0.929. The molecular formula is C18H41BrN2O. The Morgan fingerprint density at radius 3 is 1.00 bits per heavy atom. The molecule has 0 aliphatic heterocycles. The number of nitrogens with zero attached hydrogens (tertiary/aromatic N) is 2. The van der Waals surface area contributed by atoms with Gasteiger partial charge in [-0.1, -0.05) is 53.4 Å². The zero-order valence-corrected chi connectivity index (χ0v) is 17.3. The minimum absolute atomic E-state index is 0. The molecule has 4 heteroatoms. The minimum atomic E-state index is 0. The van der Waals surface area contributed by atoms with Crippen LogP contribution in [-0.4, -0.2) is 36.1 Å². The van der Waals surface area contributed by atoms with Crippen molar-refractivity contribution in [3.05, 3.63) is 0 Å². The Kier molecular flexibility index (Phi) is 31.4. The lowest BCUT2D eigenvalue weighted by atomic mass is 10.1. The molecular weight excluding hydrogens is 340 g/mol. The molecule has 0 unspecified atom stereocenters. The van der Waals surface area contributed by atoms with Crippen LogP contribution in [0, 0.1) is 11.3 Å². The molecule has 0 aromatic heterocycles. The van der Waals surface area contributed by atoms with Crippen molar-refractivity contribution in [2.24, 2.45) is 0 Å². The van der Waals surface area contributed by atoms with Gasteiger partial charge in [-0.05, 0) is 25.7 Å². The first-order valence-corrected chi connectivity index (χ1v) is 8.82. The predicted octanol–water partition coefficient (Wildman–Crippen LogP) is 1.71. The van der Waals surface area contributed by atoms with E-state index in [2.05, 4.69) is 27.7 Å². The summed E-state index contributed by atoms with van der Waals surface area (Å²) in [5.74, 6) is 0. The molecule has 0 amide bonds. The third kappa shape index (κ3) is 17.9. The molecule has 0 saturated heterocycles. The summed E-state index contributed by atoms with van der Waals surface area (Å²) in [4.78, 5) is 0. The van der Waals surface area contributed by atoms with Crippen molar-refractivity contribution >= 4 is 0 Å².